The van der Waals surface area contributed by atoms with Crippen molar-refractivity contribution in [2.24, 2.45) is 0 Å². The summed E-state index contributed by atoms with van der Waals surface area (Å²) >= 11 is 0. The van der Waals surface area contributed by atoms with Crippen molar-refractivity contribution >= 4 is 11.9 Å². The summed E-state index contributed by atoms with van der Waals surface area (Å²) < 4.78 is 5.15. The van der Waals surface area contributed by atoms with E-state index < -0.39 is 5.54 Å². The van der Waals surface area contributed by atoms with Crippen LogP contribution < -0.4 is 5.32 Å². The first kappa shape index (κ1) is 14.9. The average Bonchev–Trinajstić information content (AvgIpc) is 3.01. The molecule has 0 saturated carbocycles. The molecule has 1 saturated heterocycles. The number of benzene rings is 1. The Morgan fingerprint density at radius 2 is 2.08 bits per heavy atom. The van der Waals surface area contributed by atoms with Crippen molar-refractivity contribution < 1.29 is 14.1 Å². The molecule has 0 bridgehead atoms. The Bertz CT molecular complexity index is 822. The number of carbonyl (C=O) groups excluding carboxylic acids is 2. The van der Waals surface area contributed by atoms with Gasteiger partial charge < -0.3 is 9.84 Å². The van der Waals surface area contributed by atoms with Crippen LogP contribution in [0, 0.1) is 13.8 Å². The van der Waals surface area contributed by atoms with Gasteiger partial charge >= 0.3 is 6.03 Å². The minimum atomic E-state index is -0.926. The molecule has 3 amide bonds. The van der Waals surface area contributed by atoms with Gasteiger partial charge in [0, 0.05) is 5.56 Å². The van der Waals surface area contributed by atoms with E-state index in [1.807, 2.05) is 31.2 Å². The second kappa shape index (κ2) is 5.19. The van der Waals surface area contributed by atoms with Gasteiger partial charge in [0.1, 0.15) is 11.3 Å². The van der Waals surface area contributed by atoms with Gasteiger partial charge in [0.25, 0.3) is 5.91 Å². The molecule has 0 radical (unpaired) electrons. The van der Waals surface area contributed by atoms with Crippen LogP contribution in [-0.4, -0.2) is 22.0 Å². The number of urea groups is 1. The third-order valence-electron chi connectivity index (χ3n) is 5.15. The topological polar surface area (TPSA) is 75.4 Å². The lowest BCUT2D eigenvalue weighted by molar-refractivity contribution is -0.132. The first-order valence-corrected chi connectivity index (χ1v) is 8.17. The molecule has 0 unspecified atom stereocenters. The summed E-state index contributed by atoms with van der Waals surface area (Å²) in [4.78, 5) is 27.0. The molecule has 6 nitrogen and oxygen atoms in total. The number of imide groups is 1. The normalized spacial score (nSPS) is 22.8. The third kappa shape index (κ3) is 1.99. The molecule has 1 fully saturated rings. The first-order valence-electron chi connectivity index (χ1n) is 8.17. The van der Waals surface area contributed by atoms with E-state index in [1.54, 1.807) is 6.92 Å². The molecule has 2 aliphatic rings. The fourth-order valence-corrected chi connectivity index (χ4v) is 3.84. The monoisotopic (exact) mass is 325 g/mol. The summed E-state index contributed by atoms with van der Waals surface area (Å²) in [5, 5.41) is 6.87. The fraction of sp³-hybridized carbons (Fsp3) is 0.389. The first-order chi connectivity index (χ1) is 11.5. The van der Waals surface area contributed by atoms with E-state index in [4.69, 9.17) is 4.52 Å². The second-order valence-electron chi connectivity index (χ2n) is 6.54. The maximum absolute atomic E-state index is 13.2. The zero-order chi connectivity index (χ0) is 16.9. The molecule has 1 aliphatic heterocycles. The lowest BCUT2D eigenvalue weighted by Gasteiger charge is -2.33. The van der Waals surface area contributed by atoms with Gasteiger partial charge in [-0.2, -0.15) is 0 Å². The zero-order valence-corrected chi connectivity index (χ0v) is 13.8. The highest BCUT2D eigenvalue weighted by molar-refractivity contribution is 6.07. The number of hydrogen-bond acceptors (Lipinski definition) is 4. The van der Waals surface area contributed by atoms with Gasteiger partial charge in [-0.05, 0) is 44.2 Å². The van der Waals surface area contributed by atoms with Crippen molar-refractivity contribution in [1.82, 2.24) is 15.4 Å². The number of fused-ring (bicyclic) bond motifs is 2. The van der Waals surface area contributed by atoms with Crippen molar-refractivity contribution in [3.63, 3.8) is 0 Å². The molecule has 6 heteroatoms. The molecule has 1 atom stereocenters. The maximum atomic E-state index is 13.2. The van der Waals surface area contributed by atoms with Crippen LogP contribution in [0.1, 0.15) is 41.0 Å². The highest BCUT2D eigenvalue weighted by Crippen LogP contribution is 2.40. The third-order valence-corrected chi connectivity index (χ3v) is 5.15. The highest BCUT2D eigenvalue weighted by atomic mass is 16.5. The Kier molecular flexibility index (Phi) is 3.23. The molecule has 1 aromatic heterocycles. The smallest absolute Gasteiger partial charge is 0.325 e. The molecule has 1 aromatic carbocycles. The van der Waals surface area contributed by atoms with Crippen LogP contribution in [0.15, 0.2) is 28.8 Å². The van der Waals surface area contributed by atoms with Crippen LogP contribution in [0.5, 0.6) is 0 Å². The Morgan fingerprint density at radius 3 is 2.83 bits per heavy atom. The Labute approximate surface area is 139 Å². The van der Waals surface area contributed by atoms with E-state index in [9.17, 15) is 9.59 Å². The van der Waals surface area contributed by atoms with E-state index in [1.165, 1.54) is 4.90 Å². The Morgan fingerprint density at radius 1 is 1.29 bits per heavy atom. The van der Waals surface area contributed by atoms with E-state index in [-0.39, 0.29) is 18.5 Å². The van der Waals surface area contributed by atoms with Crippen molar-refractivity contribution in [2.75, 3.05) is 0 Å². The summed E-state index contributed by atoms with van der Waals surface area (Å²) in [5.41, 5.74) is 2.63. The van der Waals surface area contributed by atoms with Crippen LogP contribution in [0.2, 0.25) is 0 Å². The molecule has 2 aromatic rings. The predicted octanol–water partition coefficient (Wildman–Crippen LogP) is 2.58. The number of hydrogen-bond donors (Lipinski definition) is 1. The summed E-state index contributed by atoms with van der Waals surface area (Å²) in [6, 6.07) is 7.53. The van der Waals surface area contributed by atoms with Gasteiger partial charge in [0.2, 0.25) is 0 Å². The van der Waals surface area contributed by atoms with Crippen LogP contribution in [0.25, 0.3) is 0 Å². The SMILES string of the molecule is Cc1noc(C)c1CN1C(=O)N[C@@]2(CCCc3ccccc32)C1=O. The molecule has 124 valence electrons. The van der Waals surface area contributed by atoms with Crippen LogP contribution >= 0.6 is 0 Å². The molecule has 1 aliphatic carbocycles. The number of nitrogens with one attached hydrogen (secondary N) is 1. The summed E-state index contributed by atoms with van der Waals surface area (Å²) in [6.07, 6.45) is 2.44. The minimum Gasteiger partial charge on any atom is -0.361 e. The van der Waals surface area contributed by atoms with Crippen molar-refractivity contribution in [3.8, 4) is 0 Å². The molecule has 1 spiro atoms. The van der Waals surface area contributed by atoms with Crippen molar-refractivity contribution in [3.05, 3.63) is 52.4 Å². The van der Waals surface area contributed by atoms with Gasteiger partial charge in [-0.15, -0.1) is 0 Å². The lowest BCUT2D eigenvalue weighted by atomic mass is 9.76. The Balaban J connectivity index is 1.73. The van der Waals surface area contributed by atoms with E-state index >= 15 is 0 Å². The van der Waals surface area contributed by atoms with Gasteiger partial charge in [-0.25, -0.2) is 4.79 Å². The number of rotatable bonds is 2. The number of aromatic nitrogens is 1. The van der Waals surface area contributed by atoms with Gasteiger partial charge in [0.15, 0.2) is 0 Å². The average molecular weight is 325 g/mol. The van der Waals surface area contributed by atoms with Gasteiger partial charge in [0.05, 0.1) is 12.2 Å². The fourth-order valence-electron chi connectivity index (χ4n) is 3.84. The molecule has 1 N–H and O–H groups in total. The number of amides is 3. The number of aryl methyl sites for hydroxylation is 3. The number of carbonyl (C=O) groups is 2. The minimum absolute atomic E-state index is 0.181. The standard InChI is InChI=1S/C18H19N3O3/c1-11-14(12(2)24-20-11)10-21-16(22)18(19-17(21)23)9-5-7-13-6-3-4-8-15(13)18/h3-4,6,8H,5,7,9-10H2,1-2H3,(H,19,23)/t18-/m1/s1. The molecular formula is C18H19N3O3. The summed E-state index contributed by atoms with van der Waals surface area (Å²) in [5.74, 6) is 0.456. The number of nitrogens with zero attached hydrogens (tertiary/aromatic N) is 2. The van der Waals surface area contributed by atoms with E-state index in [0.717, 1.165) is 29.5 Å². The van der Waals surface area contributed by atoms with Gasteiger partial charge in [-0.3, -0.25) is 9.69 Å². The van der Waals surface area contributed by atoms with E-state index in [2.05, 4.69) is 10.5 Å². The summed E-state index contributed by atoms with van der Waals surface area (Å²) in [7, 11) is 0. The van der Waals surface area contributed by atoms with Crippen molar-refractivity contribution in [2.45, 2.75) is 45.2 Å². The van der Waals surface area contributed by atoms with Crippen LogP contribution in [-0.2, 0) is 23.3 Å². The highest BCUT2D eigenvalue weighted by Gasteiger charge is 2.53. The van der Waals surface area contributed by atoms with Gasteiger partial charge in [-0.1, -0.05) is 29.4 Å². The Hall–Kier alpha value is -2.63. The maximum Gasteiger partial charge on any atom is 0.325 e. The quantitative estimate of drug-likeness (QED) is 0.861. The zero-order valence-electron chi connectivity index (χ0n) is 13.8. The molecule has 4 rings (SSSR count). The largest absolute Gasteiger partial charge is 0.361 e. The van der Waals surface area contributed by atoms with Crippen molar-refractivity contribution in [1.29, 1.82) is 0 Å². The second-order valence-corrected chi connectivity index (χ2v) is 6.54. The van der Waals surface area contributed by atoms with E-state index in [0.29, 0.717) is 17.9 Å². The summed E-state index contributed by atoms with van der Waals surface area (Å²) in [6.45, 7) is 3.80. The molecule has 24 heavy (non-hydrogen) atoms. The van der Waals surface area contributed by atoms with Crippen LogP contribution in [0.4, 0.5) is 4.79 Å². The van der Waals surface area contributed by atoms with Crippen LogP contribution in [0.3, 0.4) is 0 Å². The molecule has 2 heterocycles. The molecular weight excluding hydrogens is 306 g/mol. The lowest BCUT2D eigenvalue weighted by Crippen LogP contribution is -2.46. The predicted molar refractivity (Wildman–Crippen MR) is 86.1 cm³/mol.